The van der Waals surface area contributed by atoms with Crippen LogP contribution in [0.5, 0.6) is 0 Å². The van der Waals surface area contributed by atoms with Crippen molar-refractivity contribution in [2.75, 3.05) is 5.75 Å². The highest BCUT2D eigenvalue weighted by atomic mass is 32.2. The van der Waals surface area contributed by atoms with E-state index in [1.54, 1.807) is 0 Å². The molecule has 0 aromatic rings. The lowest BCUT2D eigenvalue weighted by atomic mass is 10.1. The second-order valence-electron chi connectivity index (χ2n) is 3.09. The lowest BCUT2D eigenvalue weighted by Crippen LogP contribution is -2.33. The summed E-state index contributed by atoms with van der Waals surface area (Å²) in [4.78, 5) is 0. The van der Waals surface area contributed by atoms with Gasteiger partial charge in [-0.05, 0) is 25.0 Å². The summed E-state index contributed by atoms with van der Waals surface area (Å²) in [7, 11) is 0. The average Bonchev–Trinajstić information content (AvgIpc) is 2.07. The molecule has 0 aromatic carbocycles. The number of hydrogen-bond donors (Lipinski definition) is 1. The lowest BCUT2D eigenvalue weighted by Gasteiger charge is -2.26. The van der Waals surface area contributed by atoms with Gasteiger partial charge in [-0.1, -0.05) is 12.5 Å². The van der Waals surface area contributed by atoms with Crippen molar-refractivity contribution in [2.45, 2.75) is 37.0 Å². The summed E-state index contributed by atoms with van der Waals surface area (Å²) >= 11 is 2.04. The molecule has 1 saturated heterocycles. The van der Waals surface area contributed by atoms with Gasteiger partial charge in [0.15, 0.2) is 0 Å². The van der Waals surface area contributed by atoms with E-state index >= 15 is 0 Å². The van der Waals surface area contributed by atoms with Crippen LogP contribution in [-0.2, 0) is 0 Å². The Kier molecular flexibility index (Phi) is 4.02. The third-order valence-electron chi connectivity index (χ3n) is 2.13. The minimum Gasteiger partial charge on any atom is -0.326 e. The minimum atomic E-state index is 0.345. The Labute approximate surface area is 73.4 Å². The zero-order valence-corrected chi connectivity index (χ0v) is 7.78. The van der Waals surface area contributed by atoms with Crippen LogP contribution in [0.25, 0.3) is 0 Å². The van der Waals surface area contributed by atoms with Gasteiger partial charge in [-0.2, -0.15) is 11.8 Å². The highest BCUT2D eigenvalue weighted by molar-refractivity contribution is 8.00. The Morgan fingerprint density at radius 1 is 1.64 bits per heavy atom. The van der Waals surface area contributed by atoms with Crippen molar-refractivity contribution in [1.82, 2.24) is 0 Å². The average molecular weight is 171 g/mol. The molecule has 0 radical (unpaired) electrons. The first-order chi connectivity index (χ1) is 5.34. The summed E-state index contributed by atoms with van der Waals surface area (Å²) in [5.74, 6) is 1.30. The van der Waals surface area contributed by atoms with Crippen molar-refractivity contribution in [1.29, 1.82) is 0 Å². The Morgan fingerprint density at radius 2 is 2.45 bits per heavy atom. The molecule has 1 aliphatic rings. The quantitative estimate of drug-likeness (QED) is 0.659. The Balaban J connectivity index is 2.26. The van der Waals surface area contributed by atoms with Crippen LogP contribution >= 0.6 is 11.8 Å². The fourth-order valence-electron chi connectivity index (χ4n) is 1.45. The van der Waals surface area contributed by atoms with Crippen LogP contribution in [-0.4, -0.2) is 17.0 Å². The predicted molar refractivity (Wildman–Crippen MR) is 52.9 cm³/mol. The van der Waals surface area contributed by atoms with Gasteiger partial charge in [0.25, 0.3) is 0 Å². The normalized spacial score (nSPS) is 27.9. The highest BCUT2D eigenvalue weighted by Gasteiger charge is 2.19. The fraction of sp³-hybridized carbons (Fsp3) is 0.778. The van der Waals surface area contributed by atoms with Crippen LogP contribution < -0.4 is 5.73 Å². The van der Waals surface area contributed by atoms with Gasteiger partial charge < -0.3 is 5.73 Å². The third-order valence-corrected chi connectivity index (χ3v) is 3.67. The van der Waals surface area contributed by atoms with E-state index in [4.69, 9.17) is 5.73 Å². The molecule has 0 aromatic heterocycles. The summed E-state index contributed by atoms with van der Waals surface area (Å²) in [6.45, 7) is 3.71. The molecule has 11 heavy (non-hydrogen) atoms. The van der Waals surface area contributed by atoms with Crippen molar-refractivity contribution in [3.63, 3.8) is 0 Å². The maximum absolute atomic E-state index is 5.97. The molecule has 1 rings (SSSR count). The van der Waals surface area contributed by atoms with Crippen molar-refractivity contribution < 1.29 is 0 Å². The second-order valence-corrected chi connectivity index (χ2v) is 4.44. The largest absolute Gasteiger partial charge is 0.326 e. The summed E-state index contributed by atoms with van der Waals surface area (Å²) in [6.07, 6.45) is 6.95. The molecule has 1 fully saturated rings. The van der Waals surface area contributed by atoms with E-state index in [0.717, 1.165) is 6.42 Å². The van der Waals surface area contributed by atoms with Crippen molar-refractivity contribution in [3.8, 4) is 0 Å². The number of rotatable bonds is 3. The third kappa shape index (κ3) is 2.88. The minimum absolute atomic E-state index is 0.345. The first kappa shape index (κ1) is 9.14. The van der Waals surface area contributed by atoms with E-state index in [-0.39, 0.29) is 0 Å². The van der Waals surface area contributed by atoms with Gasteiger partial charge >= 0.3 is 0 Å². The first-order valence-electron chi connectivity index (χ1n) is 4.32. The van der Waals surface area contributed by atoms with Crippen LogP contribution in [0, 0.1) is 0 Å². The summed E-state index contributed by atoms with van der Waals surface area (Å²) < 4.78 is 0. The van der Waals surface area contributed by atoms with E-state index in [2.05, 4.69) is 6.58 Å². The molecule has 1 aliphatic heterocycles. The molecule has 1 nitrogen and oxygen atoms in total. The Morgan fingerprint density at radius 3 is 3.00 bits per heavy atom. The Bertz CT molecular complexity index is 119. The smallest absolute Gasteiger partial charge is 0.0202 e. The van der Waals surface area contributed by atoms with E-state index in [1.807, 2.05) is 17.8 Å². The van der Waals surface area contributed by atoms with Gasteiger partial charge in [0, 0.05) is 11.3 Å². The summed E-state index contributed by atoms with van der Waals surface area (Å²) in [5.41, 5.74) is 5.97. The topological polar surface area (TPSA) is 26.0 Å². The maximum atomic E-state index is 5.97. The van der Waals surface area contributed by atoms with E-state index in [9.17, 15) is 0 Å². The molecule has 2 N–H and O–H groups in total. The van der Waals surface area contributed by atoms with E-state index in [1.165, 1.54) is 25.0 Å². The molecule has 0 aliphatic carbocycles. The molecular weight excluding hydrogens is 154 g/mol. The molecule has 1 heterocycles. The van der Waals surface area contributed by atoms with Crippen molar-refractivity contribution in [3.05, 3.63) is 12.7 Å². The maximum Gasteiger partial charge on any atom is 0.0202 e. The van der Waals surface area contributed by atoms with E-state index < -0.39 is 0 Å². The van der Waals surface area contributed by atoms with Gasteiger partial charge in [0.2, 0.25) is 0 Å². The molecule has 2 atom stereocenters. The Hall–Kier alpha value is 0.0500. The zero-order valence-electron chi connectivity index (χ0n) is 6.96. The van der Waals surface area contributed by atoms with Gasteiger partial charge in [-0.3, -0.25) is 0 Å². The molecular formula is C9H17NS. The monoisotopic (exact) mass is 171 g/mol. The van der Waals surface area contributed by atoms with Gasteiger partial charge in [0.05, 0.1) is 0 Å². The molecule has 2 unspecified atom stereocenters. The molecule has 0 bridgehead atoms. The van der Waals surface area contributed by atoms with Gasteiger partial charge in [-0.25, -0.2) is 0 Å². The van der Waals surface area contributed by atoms with Gasteiger partial charge in [-0.15, -0.1) is 6.58 Å². The lowest BCUT2D eigenvalue weighted by molar-refractivity contribution is 0.566. The standard InChI is InChI=1S/C9H17NS/c1-2-5-8(10)9-6-3-4-7-11-9/h2,8-9H,1,3-7,10H2. The molecule has 0 saturated carbocycles. The van der Waals surface area contributed by atoms with Crippen LogP contribution in [0.4, 0.5) is 0 Å². The van der Waals surface area contributed by atoms with Crippen LogP contribution in [0.2, 0.25) is 0 Å². The van der Waals surface area contributed by atoms with Crippen LogP contribution in [0.15, 0.2) is 12.7 Å². The second kappa shape index (κ2) is 4.83. The van der Waals surface area contributed by atoms with Crippen LogP contribution in [0.1, 0.15) is 25.7 Å². The first-order valence-corrected chi connectivity index (χ1v) is 5.37. The SMILES string of the molecule is C=CCC(N)C1CCCCS1. The fourth-order valence-corrected chi connectivity index (χ4v) is 2.81. The number of thioether (sulfide) groups is 1. The summed E-state index contributed by atoms with van der Waals surface area (Å²) in [6, 6.07) is 0.345. The van der Waals surface area contributed by atoms with Crippen molar-refractivity contribution in [2.24, 2.45) is 5.73 Å². The molecule has 2 heteroatoms. The van der Waals surface area contributed by atoms with E-state index in [0.29, 0.717) is 11.3 Å². The zero-order chi connectivity index (χ0) is 8.10. The highest BCUT2D eigenvalue weighted by Crippen LogP contribution is 2.27. The molecule has 0 spiro atoms. The summed E-state index contributed by atoms with van der Waals surface area (Å²) in [5, 5.41) is 0.696. The number of hydrogen-bond acceptors (Lipinski definition) is 2. The number of nitrogens with two attached hydrogens (primary N) is 1. The van der Waals surface area contributed by atoms with Gasteiger partial charge in [0.1, 0.15) is 0 Å². The molecule has 0 amide bonds. The molecule has 64 valence electrons. The van der Waals surface area contributed by atoms with Crippen molar-refractivity contribution >= 4 is 11.8 Å². The van der Waals surface area contributed by atoms with Crippen LogP contribution in [0.3, 0.4) is 0 Å². The predicted octanol–water partition coefficient (Wildman–Crippen LogP) is 2.18.